The molecule has 8 nitrogen and oxygen atoms in total. The molecule has 0 unspecified atom stereocenters. The molecule has 0 radical (unpaired) electrons. The molecule has 8 heteroatoms. The summed E-state index contributed by atoms with van der Waals surface area (Å²) in [5.74, 6) is 0.250. The molecule has 2 aromatic heterocycles. The van der Waals surface area contributed by atoms with Crippen LogP contribution < -0.4 is 10.6 Å². The van der Waals surface area contributed by atoms with Crippen LogP contribution in [0.5, 0.6) is 0 Å². The van der Waals surface area contributed by atoms with E-state index in [1.54, 1.807) is 17.0 Å². The molecule has 2 N–H and O–H groups in total. The van der Waals surface area contributed by atoms with Crippen molar-refractivity contribution in [1.82, 2.24) is 25.3 Å². The van der Waals surface area contributed by atoms with Gasteiger partial charge in [-0.05, 0) is 51.0 Å². The van der Waals surface area contributed by atoms with Crippen molar-refractivity contribution in [1.29, 1.82) is 0 Å². The molecule has 1 saturated heterocycles. The zero-order chi connectivity index (χ0) is 21.8. The van der Waals surface area contributed by atoms with Gasteiger partial charge in [0, 0.05) is 36.9 Å². The predicted molar refractivity (Wildman–Crippen MR) is 116 cm³/mol. The average Bonchev–Trinajstić information content (AvgIpc) is 3.42. The minimum absolute atomic E-state index is 0.0369. The number of rotatable bonds is 5. The van der Waals surface area contributed by atoms with E-state index in [9.17, 15) is 9.59 Å². The highest BCUT2D eigenvalue weighted by atomic mass is 16.3. The first-order valence-electron chi connectivity index (χ1n) is 10.5. The molecule has 31 heavy (non-hydrogen) atoms. The Morgan fingerprint density at radius 2 is 1.84 bits per heavy atom. The van der Waals surface area contributed by atoms with Gasteiger partial charge in [0.2, 0.25) is 0 Å². The Kier molecular flexibility index (Phi) is 6.06. The number of nitrogens with zero attached hydrogens (tertiary/aromatic N) is 3. The Morgan fingerprint density at radius 1 is 1.10 bits per heavy atom. The number of carbonyl (C=O) groups is 2. The molecule has 0 atom stereocenters. The molecule has 4 rings (SSSR count). The third kappa shape index (κ3) is 4.63. The molecular formula is C23H27N5O3. The minimum Gasteiger partial charge on any atom is -0.459 e. The third-order valence-corrected chi connectivity index (χ3v) is 5.72. The fourth-order valence-corrected chi connectivity index (χ4v) is 3.94. The summed E-state index contributed by atoms with van der Waals surface area (Å²) in [6.45, 7) is 5.55. The van der Waals surface area contributed by atoms with Gasteiger partial charge in [-0.25, -0.2) is 9.48 Å². The van der Waals surface area contributed by atoms with Crippen LogP contribution in [0.15, 0.2) is 53.1 Å². The standard InChI is InChI=1S/C23H27N5O3/c1-16-20(17(2)28(26-16)19-7-4-3-5-8-19)15-24-23(30)25-18-10-12-27(13-11-18)22(29)21-9-6-14-31-21/h3-9,14,18H,10-13,15H2,1-2H3,(H2,24,25,30). The van der Waals surface area contributed by atoms with Gasteiger partial charge in [0.15, 0.2) is 5.76 Å². The second kappa shape index (κ2) is 9.07. The van der Waals surface area contributed by atoms with Crippen LogP contribution in [-0.4, -0.2) is 45.8 Å². The normalized spacial score (nSPS) is 14.5. The van der Waals surface area contributed by atoms with Crippen LogP contribution in [0.1, 0.15) is 40.3 Å². The lowest BCUT2D eigenvalue weighted by atomic mass is 10.0. The number of urea groups is 1. The molecule has 1 aromatic carbocycles. The average molecular weight is 422 g/mol. The van der Waals surface area contributed by atoms with Crippen molar-refractivity contribution in [3.05, 3.63) is 71.4 Å². The number of piperidine rings is 1. The number of carbonyl (C=O) groups excluding carboxylic acids is 2. The van der Waals surface area contributed by atoms with Crippen molar-refractivity contribution in [2.45, 2.75) is 39.3 Å². The molecule has 3 amide bonds. The van der Waals surface area contributed by atoms with Gasteiger partial charge in [0.05, 0.1) is 17.6 Å². The van der Waals surface area contributed by atoms with E-state index in [4.69, 9.17) is 4.42 Å². The number of aryl methyl sites for hydroxylation is 1. The van der Waals surface area contributed by atoms with Gasteiger partial charge in [0.25, 0.3) is 5.91 Å². The maximum atomic E-state index is 12.4. The van der Waals surface area contributed by atoms with Crippen molar-refractivity contribution in [3.63, 3.8) is 0 Å². The molecule has 0 bridgehead atoms. The number of amides is 3. The Labute approximate surface area is 181 Å². The second-order valence-electron chi connectivity index (χ2n) is 7.77. The SMILES string of the molecule is Cc1nn(-c2ccccc2)c(C)c1CNC(=O)NC1CCN(C(=O)c2ccco2)CC1. The first-order chi connectivity index (χ1) is 15.0. The summed E-state index contributed by atoms with van der Waals surface area (Å²) in [4.78, 5) is 26.5. The third-order valence-electron chi connectivity index (χ3n) is 5.72. The molecule has 0 spiro atoms. The fourth-order valence-electron chi connectivity index (χ4n) is 3.94. The molecule has 3 heterocycles. The van der Waals surface area contributed by atoms with Crippen LogP contribution >= 0.6 is 0 Å². The first kappa shape index (κ1) is 20.7. The highest BCUT2D eigenvalue weighted by Gasteiger charge is 2.26. The van der Waals surface area contributed by atoms with Crippen molar-refractivity contribution >= 4 is 11.9 Å². The van der Waals surface area contributed by atoms with E-state index in [1.807, 2.05) is 48.9 Å². The highest BCUT2D eigenvalue weighted by Crippen LogP contribution is 2.18. The summed E-state index contributed by atoms with van der Waals surface area (Å²) in [6.07, 6.45) is 2.92. The van der Waals surface area contributed by atoms with Crippen molar-refractivity contribution in [3.8, 4) is 5.69 Å². The van der Waals surface area contributed by atoms with E-state index in [2.05, 4.69) is 15.7 Å². The van der Waals surface area contributed by atoms with Crippen LogP contribution in [0.3, 0.4) is 0 Å². The number of nitrogens with one attached hydrogen (secondary N) is 2. The van der Waals surface area contributed by atoms with Crippen LogP contribution in [0, 0.1) is 13.8 Å². The number of para-hydroxylation sites is 1. The highest BCUT2D eigenvalue weighted by molar-refractivity contribution is 5.91. The van der Waals surface area contributed by atoms with Crippen molar-refractivity contribution in [2.24, 2.45) is 0 Å². The number of furan rings is 1. The molecule has 0 aliphatic carbocycles. The molecule has 0 saturated carbocycles. The van der Waals surface area contributed by atoms with Crippen molar-refractivity contribution < 1.29 is 14.0 Å². The lowest BCUT2D eigenvalue weighted by Crippen LogP contribution is -2.49. The summed E-state index contributed by atoms with van der Waals surface area (Å²) in [5, 5.41) is 10.6. The smallest absolute Gasteiger partial charge is 0.315 e. The van der Waals surface area contributed by atoms with Crippen molar-refractivity contribution in [2.75, 3.05) is 13.1 Å². The minimum atomic E-state index is -0.206. The molecule has 3 aromatic rings. The van der Waals surface area contributed by atoms with E-state index in [0.717, 1.165) is 22.6 Å². The maximum absolute atomic E-state index is 12.4. The molecular weight excluding hydrogens is 394 g/mol. The molecule has 1 fully saturated rings. The number of hydrogen-bond donors (Lipinski definition) is 2. The largest absolute Gasteiger partial charge is 0.459 e. The van der Waals surface area contributed by atoms with Crippen LogP contribution in [-0.2, 0) is 6.54 Å². The number of aromatic nitrogens is 2. The Bertz CT molecular complexity index is 1030. The quantitative estimate of drug-likeness (QED) is 0.662. The Hall–Kier alpha value is -3.55. The monoisotopic (exact) mass is 421 g/mol. The predicted octanol–water partition coefficient (Wildman–Crippen LogP) is 3.19. The fraction of sp³-hybridized carbons (Fsp3) is 0.348. The summed E-state index contributed by atoms with van der Waals surface area (Å²) in [5.41, 5.74) is 3.91. The van der Waals surface area contributed by atoms with Gasteiger partial charge in [-0.2, -0.15) is 5.10 Å². The van der Waals surface area contributed by atoms with E-state index in [0.29, 0.717) is 38.2 Å². The topological polar surface area (TPSA) is 92.4 Å². The second-order valence-corrected chi connectivity index (χ2v) is 7.77. The van der Waals surface area contributed by atoms with Gasteiger partial charge >= 0.3 is 6.03 Å². The molecule has 1 aliphatic heterocycles. The lowest BCUT2D eigenvalue weighted by Gasteiger charge is -2.31. The first-order valence-corrected chi connectivity index (χ1v) is 10.5. The zero-order valence-corrected chi connectivity index (χ0v) is 17.8. The summed E-state index contributed by atoms with van der Waals surface area (Å²) in [7, 11) is 0. The Balaban J connectivity index is 1.28. The van der Waals surface area contributed by atoms with E-state index in [1.165, 1.54) is 6.26 Å². The van der Waals surface area contributed by atoms with E-state index >= 15 is 0 Å². The van der Waals surface area contributed by atoms with Gasteiger partial charge in [0.1, 0.15) is 0 Å². The lowest BCUT2D eigenvalue weighted by molar-refractivity contribution is 0.0676. The van der Waals surface area contributed by atoms with Gasteiger partial charge in [-0.1, -0.05) is 18.2 Å². The van der Waals surface area contributed by atoms with Crippen LogP contribution in [0.4, 0.5) is 4.79 Å². The zero-order valence-electron chi connectivity index (χ0n) is 17.8. The van der Waals surface area contributed by atoms with Gasteiger partial charge < -0.3 is 20.0 Å². The summed E-state index contributed by atoms with van der Waals surface area (Å²) in [6, 6.07) is 13.1. The summed E-state index contributed by atoms with van der Waals surface area (Å²) >= 11 is 0. The maximum Gasteiger partial charge on any atom is 0.315 e. The van der Waals surface area contributed by atoms with Gasteiger partial charge in [-0.3, -0.25) is 4.79 Å². The number of benzene rings is 1. The van der Waals surface area contributed by atoms with Gasteiger partial charge in [-0.15, -0.1) is 0 Å². The van der Waals surface area contributed by atoms with Crippen LogP contribution in [0.2, 0.25) is 0 Å². The summed E-state index contributed by atoms with van der Waals surface area (Å²) < 4.78 is 7.08. The number of hydrogen-bond acceptors (Lipinski definition) is 4. The molecule has 162 valence electrons. The Morgan fingerprint density at radius 3 is 2.52 bits per heavy atom. The number of likely N-dealkylation sites (tertiary alicyclic amines) is 1. The van der Waals surface area contributed by atoms with E-state index < -0.39 is 0 Å². The van der Waals surface area contributed by atoms with Crippen LogP contribution in [0.25, 0.3) is 5.69 Å². The van der Waals surface area contributed by atoms with E-state index in [-0.39, 0.29) is 18.0 Å². The molecule has 1 aliphatic rings.